The van der Waals surface area contributed by atoms with Crippen molar-refractivity contribution in [3.8, 4) is 5.88 Å². The molecule has 0 aromatic carbocycles. The minimum absolute atomic E-state index is 0.212. The lowest BCUT2D eigenvalue weighted by Gasteiger charge is -2.05. The van der Waals surface area contributed by atoms with Crippen molar-refractivity contribution in [3.63, 3.8) is 0 Å². The van der Waals surface area contributed by atoms with Gasteiger partial charge in [0.05, 0.1) is 17.4 Å². The first-order valence-corrected chi connectivity index (χ1v) is 8.37. The summed E-state index contributed by atoms with van der Waals surface area (Å²) in [5.41, 5.74) is 0.792. The van der Waals surface area contributed by atoms with Crippen molar-refractivity contribution in [2.45, 2.75) is 13.5 Å². The van der Waals surface area contributed by atoms with Gasteiger partial charge in [0.1, 0.15) is 11.4 Å². The maximum atomic E-state index is 12.5. The average Bonchev–Trinajstić information content (AvgIpc) is 3.15. The molecule has 0 atom stereocenters. The molecule has 120 valence electrons. The number of nitrogens with zero attached hydrogens (tertiary/aromatic N) is 3. The summed E-state index contributed by atoms with van der Waals surface area (Å²) in [4.78, 5) is 26.6. The van der Waals surface area contributed by atoms with Crippen LogP contribution in [-0.4, -0.2) is 35.1 Å². The number of methoxy groups -OCH3 is 2. The van der Waals surface area contributed by atoms with Crippen molar-refractivity contribution < 1.29 is 14.3 Å². The largest absolute Gasteiger partial charge is 0.480 e. The maximum Gasteiger partial charge on any atom is 0.267 e. The van der Waals surface area contributed by atoms with E-state index in [1.807, 2.05) is 6.92 Å². The van der Waals surface area contributed by atoms with E-state index >= 15 is 0 Å². The lowest BCUT2D eigenvalue weighted by atomic mass is 10.2. The minimum Gasteiger partial charge on any atom is -0.480 e. The highest BCUT2D eigenvalue weighted by atomic mass is 32.1. The molecule has 0 bridgehead atoms. The Hall–Kier alpha value is -2.10. The first-order valence-electron chi connectivity index (χ1n) is 6.67. The van der Waals surface area contributed by atoms with E-state index < -0.39 is 0 Å². The number of carbonyl (C=O) groups excluding carboxylic acids is 1. The Kier molecular flexibility index (Phi) is 4.51. The van der Waals surface area contributed by atoms with Gasteiger partial charge in [0.15, 0.2) is 11.0 Å². The summed E-state index contributed by atoms with van der Waals surface area (Å²) in [5, 5.41) is 5.90. The fourth-order valence-electron chi connectivity index (χ4n) is 2.14. The maximum absolute atomic E-state index is 12.5. The van der Waals surface area contributed by atoms with E-state index in [4.69, 9.17) is 9.47 Å². The summed E-state index contributed by atoms with van der Waals surface area (Å²) in [5.74, 6) is 0.755. The van der Waals surface area contributed by atoms with Gasteiger partial charge in [-0.3, -0.25) is 10.1 Å². The highest BCUT2D eigenvalue weighted by molar-refractivity contribution is 7.21. The number of aromatic nitrogens is 3. The highest BCUT2D eigenvalue weighted by Gasteiger charge is 2.21. The van der Waals surface area contributed by atoms with Gasteiger partial charge in [-0.05, 0) is 12.5 Å². The molecule has 3 heterocycles. The molecule has 0 fully saturated rings. The topological polar surface area (TPSA) is 86.2 Å². The Morgan fingerprint density at radius 1 is 1.35 bits per heavy atom. The zero-order valence-corrected chi connectivity index (χ0v) is 14.4. The number of amides is 1. The van der Waals surface area contributed by atoms with E-state index in [1.165, 1.54) is 22.7 Å². The molecule has 3 aromatic rings. The third kappa shape index (κ3) is 3.03. The SMILES string of the molecule is COCc1nc(OC)c2c(C)c(C(=O)Nc3nccs3)sc2n1. The molecule has 23 heavy (non-hydrogen) atoms. The van der Waals surface area contributed by atoms with Crippen LogP contribution in [0.1, 0.15) is 21.1 Å². The van der Waals surface area contributed by atoms with E-state index in [0.717, 1.165) is 10.9 Å². The molecular formula is C14H14N4O3S2. The van der Waals surface area contributed by atoms with E-state index in [0.29, 0.717) is 26.5 Å². The monoisotopic (exact) mass is 350 g/mol. The molecule has 0 unspecified atom stereocenters. The molecule has 3 rings (SSSR count). The standard InChI is InChI=1S/C14H14N4O3S2/c1-7-9-12(21-3)16-8(6-20-2)17-13(9)23-10(7)11(19)18-14-15-4-5-22-14/h4-5H,6H2,1-3H3,(H,15,18,19). The van der Waals surface area contributed by atoms with E-state index in [9.17, 15) is 4.79 Å². The minimum atomic E-state index is -0.212. The van der Waals surface area contributed by atoms with Gasteiger partial charge in [0.25, 0.3) is 5.91 Å². The Morgan fingerprint density at radius 2 is 2.17 bits per heavy atom. The van der Waals surface area contributed by atoms with Crippen molar-refractivity contribution in [1.82, 2.24) is 15.0 Å². The van der Waals surface area contributed by atoms with Gasteiger partial charge < -0.3 is 9.47 Å². The normalized spacial score (nSPS) is 10.9. The van der Waals surface area contributed by atoms with Gasteiger partial charge in [0, 0.05) is 18.7 Å². The van der Waals surface area contributed by atoms with Crippen LogP contribution in [0.5, 0.6) is 5.88 Å². The van der Waals surface area contributed by atoms with Crippen LogP contribution in [0.3, 0.4) is 0 Å². The summed E-state index contributed by atoms with van der Waals surface area (Å²) in [6, 6.07) is 0. The van der Waals surface area contributed by atoms with Crippen LogP contribution >= 0.6 is 22.7 Å². The number of anilines is 1. The number of hydrogen-bond donors (Lipinski definition) is 1. The summed E-state index contributed by atoms with van der Waals surface area (Å²) in [6.45, 7) is 2.14. The molecular weight excluding hydrogens is 336 g/mol. The molecule has 0 spiro atoms. The molecule has 1 amide bonds. The average molecular weight is 350 g/mol. The predicted octanol–water partition coefficient (Wildman–Crippen LogP) is 2.86. The second-order valence-corrected chi connectivity index (χ2v) is 6.50. The quantitative estimate of drug-likeness (QED) is 0.761. The third-order valence-electron chi connectivity index (χ3n) is 3.13. The zero-order valence-electron chi connectivity index (χ0n) is 12.7. The van der Waals surface area contributed by atoms with Gasteiger partial charge in [-0.1, -0.05) is 0 Å². The summed E-state index contributed by atoms with van der Waals surface area (Å²) in [6.07, 6.45) is 1.64. The molecule has 0 radical (unpaired) electrons. The Bertz CT molecular complexity index is 845. The van der Waals surface area contributed by atoms with Crippen LogP contribution in [0.2, 0.25) is 0 Å². The third-order valence-corrected chi connectivity index (χ3v) is 5.00. The number of ether oxygens (including phenoxy) is 2. The lowest BCUT2D eigenvalue weighted by Crippen LogP contribution is -2.11. The molecule has 0 saturated carbocycles. The zero-order chi connectivity index (χ0) is 16.4. The van der Waals surface area contributed by atoms with Crippen molar-refractivity contribution in [3.05, 3.63) is 27.8 Å². The van der Waals surface area contributed by atoms with Crippen LogP contribution in [0.25, 0.3) is 10.2 Å². The van der Waals surface area contributed by atoms with Crippen LogP contribution in [-0.2, 0) is 11.3 Å². The van der Waals surface area contributed by atoms with Gasteiger partial charge in [0.2, 0.25) is 5.88 Å². The number of thiophene rings is 1. The summed E-state index contributed by atoms with van der Waals surface area (Å²) in [7, 11) is 3.12. The molecule has 7 nitrogen and oxygen atoms in total. The molecule has 0 saturated heterocycles. The number of aryl methyl sites for hydroxylation is 1. The first-order chi connectivity index (χ1) is 11.1. The van der Waals surface area contributed by atoms with E-state index in [-0.39, 0.29) is 12.5 Å². The Morgan fingerprint density at radius 3 is 2.83 bits per heavy atom. The molecule has 0 aliphatic carbocycles. The fourth-order valence-corrected chi connectivity index (χ4v) is 3.75. The van der Waals surface area contributed by atoms with Gasteiger partial charge >= 0.3 is 0 Å². The van der Waals surface area contributed by atoms with Gasteiger partial charge in [-0.15, -0.1) is 22.7 Å². The second kappa shape index (κ2) is 6.57. The van der Waals surface area contributed by atoms with E-state index in [1.54, 1.807) is 25.8 Å². The fraction of sp³-hybridized carbons (Fsp3) is 0.286. The van der Waals surface area contributed by atoms with Crippen molar-refractivity contribution >= 4 is 43.9 Å². The number of carbonyl (C=O) groups is 1. The number of fused-ring (bicyclic) bond motifs is 1. The smallest absolute Gasteiger partial charge is 0.267 e. The molecule has 9 heteroatoms. The van der Waals surface area contributed by atoms with Crippen LogP contribution < -0.4 is 10.1 Å². The molecule has 0 aliphatic rings. The van der Waals surface area contributed by atoms with Crippen LogP contribution in [0.4, 0.5) is 5.13 Å². The summed E-state index contributed by atoms with van der Waals surface area (Å²) >= 11 is 2.67. The van der Waals surface area contributed by atoms with Crippen molar-refractivity contribution in [2.24, 2.45) is 0 Å². The number of rotatable bonds is 5. The van der Waals surface area contributed by atoms with E-state index in [2.05, 4.69) is 20.3 Å². The van der Waals surface area contributed by atoms with Gasteiger partial charge in [-0.2, -0.15) is 4.98 Å². The number of hydrogen-bond acceptors (Lipinski definition) is 8. The first kappa shape index (κ1) is 15.8. The highest BCUT2D eigenvalue weighted by Crippen LogP contribution is 2.35. The van der Waals surface area contributed by atoms with Gasteiger partial charge in [-0.25, -0.2) is 9.97 Å². The predicted molar refractivity (Wildman–Crippen MR) is 89.5 cm³/mol. The molecule has 1 N–H and O–H groups in total. The lowest BCUT2D eigenvalue weighted by molar-refractivity contribution is 0.103. The number of thiazole rings is 1. The Balaban J connectivity index is 2.04. The summed E-state index contributed by atoms with van der Waals surface area (Å²) < 4.78 is 10.4. The van der Waals surface area contributed by atoms with Crippen molar-refractivity contribution in [2.75, 3.05) is 19.5 Å². The molecule has 3 aromatic heterocycles. The Labute approximate surface area is 140 Å². The van der Waals surface area contributed by atoms with Crippen LogP contribution in [0, 0.1) is 6.92 Å². The van der Waals surface area contributed by atoms with Crippen molar-refractivity contribution in [1.29, 1.82) is 0 Å². The van der Waals surface area contributed by atoms with Crippen LogP contribution in [0.15, 0.2) is 11.6 Å². The second-order valence-electron chi connectivity index (χ2n) is 4.61. The number of nitrogens with one attached hydrogen (secondary N) is 1. The molecule has 0 aliphatic heterocycles.